The summed E-state index contributed by atoms with van der Waals surface area (Å²) < 4.78 is 9.28. The van der Waals surface area contributed by atoms with Crippen molar-refractivity contribution in [2.45, 2.75) is 0 Å². The van der Waals surface area contributed by atoms with Crippen LogP contribution in [0.5, 0.6) is 0 Å². The van der Waals surface area contributed by atoms with Crippen molar-refractivity contribution in [3.63, 3.8) is 0 Å². The van der Waals surface area contributed by atoms with E-state index < -0.39 is 0 Å². The van der Waals surface area contributed by atoms with Gasteiger partial charge in [0, 0.05) is 42.5 Å². The van der Waals surface area contributed by atoms with E-state index in [2.05, 4.69) is 132 Å². The Morgan fingerprint density at radius 1 is 0.533 bits per heavy atom. The van der Waals surface area contributed by atoms with Gasteiger partial charge in [0.05, 0.1) is 5.69 Å². The van der Waals surface area contributed by atoms with Gasteiger partial charge in [0.1, 0.15) is 5.52 Å². The van der Waals surface area contributed by atoms with Crippen LogP contribution in [0.3, 0.4) is 0 Å². The van der Waals surface area contributed by atoms with Gasteiger partial charge in [-0.05, 0) is 71.1 Å². The summed E-state index contributed by atoms with van der Waals surface area (Å²) in [7, 11) is 0. The molecule has 0 aliphatic heterocycles. The van der Waals surface area contributed by atoms with Gasteiger partial charge in [0.2, 0.25) is 5.89 Å². The standard InChI is InChI=1S/C41H26N2OS/c1-3-13-27(14-4-1)41-42-39-33-20-8-7-15-29(33)26-35(40(39)44-41)43(30-17-5-2-6-18-30)31-19-11-16-28(25-31)32-22-12-24-37-38(32)34-21-9-10-23-36(34)45-37/h1-26H. The second kappa shape index (κ2) is 10.5. The Bertz CT molecular complexity index is 2500. The van der Waals surface area contributed by atoms with E-state index in [0.717, 1.165) is 44.5 Å². The van der Waals surface area contributed by atoms with E-state index in [4.69, 9.17) is 9.40 Å². The molecule has 212 valence electrons. The van der Waals surface area contributed by atoms with Crippen LogP contribution in [0.4, 0.5) is 17.1 Å². The molecule has 0 spiro atoms. The number of hydrogen-bond donors (Lipinski definition) is 0. The normalized spacial score (nSPS) is 11.6. The van der Waals surface area contributed by atoms with Gasteiger partial charge in [-0.25, -0.2) is 4.98 Å². The number of thiophene rings is 1. The van der Waals surface area contributed by atoms with Crippen LogP contribution in [-0.4, -0.2) is 4.98 Å². The highest BCUT2D eigenvalue weighted by Crippen LogP contribution is 2.45. The van der Waals surface area contributed by atoms with Gasteiger partial charge in [-0.15, -0.1) is 11.3 Å². The first kappa shape index (κ1) is 25.8. The molecule has 0 saturated heterocycles. The summed E-state index contributed by atoms with van der Waals surface area (Å²) >= 11 is 1.85. The fraction of sp³-hybridized carbons (Fsp3) is 0. The highest BCUT2D eigenvalue weighted by Gasteiger charge is 2.22. The highest BCUT2D eigenvalue weighted by atomic mass is 32.1. The third-order valence-electron chi connectivity index (χ3n) is 8.46. The largest absolute Gasteiger partial charge is 0.434 e. The molecule has 0 aliphatic carbocycles. The Labute approximate surface area is 264 Å². The van der Waals surface area contributed by atoms with Crippen molar-refractivity contribution in [2.24, 2.45) is 0 Å². The number of nitrogens with zero attached hydrogens (tertiary/aromatic N) is 2. The van der Waals surface area contributed by atoms with E-state index in [1.807, 2.05) is 41.7 Å². The van der Waals surface area contributed by atoms with Crippen LogP contribution in [0.2, 0.25) is 0 Å². The van der Waals surface area contributed by atoms with Gasteiger partial charge in [0.15, 0.2) is 5.58 Å². The fourth-order valence-electron chi connectivity index (χ4n) is 6.43. The van der Waals surface area contributed by atoms with Gasteiger partial charge in [-0.3, -0.25) is 0 Å². The minimum atomic E-state index is 0.612. The summed E-state index contributed by atoms with van der Waals surface area (Å²) in [6, 6.07) is 55.4. The molecule has 0 unspecified atom stereocenters. The first-order chi connectivity index (χ1) is 22.3. The van der Waals surface area contributed by atoms with Crippen molar-refractivity contribution >= 4 is 70.4 Å². The molecule has 45 heavy (non-hydrogen) atoms. The number of aromatic nitrogens is 1. The van der Waals surface area contributed by atoms with E-state index in [1.54, 1.807) is 0 Å². The van der Waals surface area contributed by atoms with E-state index >= 15 is 0 Å². The van der Waals surface area contributed by atoms with Crippen molar-refractivity contribution in [1.82, 2.24) is 4.98 Å². The Hall–Kier alpha value is -5.71. The van der Waals surface area contributed by atoms with E-state index in [1.165, 1.54) is 31.3 Å². The van der Waals surface area contributed by atoms with Crippen molar-refractivity contribution in [2.75, 3.05) is 4.90 Å². The molecule has 2 heterocycles. The Kier molecular flexibility index (Phi) is 6.00. The molecule has 0 aliphatic rings. The number of para-hydroxylation sites is 1. The van der Waals surface area contributed by atoms with Gasteiger partial charge in [-0.1, -0.05) is 103 Å². The molecule has 0 atom stereocenters. The van der Waals surface area contributed by atoms with E-state index in [0.29, 0.717) is 5.89 Å². The molecule has 0 bridgehead atoms. The van der Waals surface area contributed by atoms with Gasteiger partial charge >= 0.3 is 0 Å². The number of hydrogen-bond acceptors (Lipinski definition) is 4. The van der Waals surface area contributed by atoms with E-state index in [-0.39, 0.29) is 0 Å². The predicted molar refractivity (Wildman–Crippen MR) is 190 cm³/mol. The molecule has 4 heteroatoms. The molecule has 2 aromatic heterocycles. The molecular formula is C41H26N2OS. The summed E-state index contributed by atoms with van der Waals surface area (Å²) in [5.74, 6) is 0.612. The van der Waals surface area contributed by atoms with Crippen LogP contribution in [0.15, 0.2) is 162 Å². The first-order valence-electron chi connectivity index (χ1n) is 15.1. The summed E-state index contributed by atoms with van der Waals surface area (Å²) in [6.07, 6.45) is 0. The lowest BCUT2D eigenvalue weighted by Crippen LogP contribution is -2.10. The number of fused-ring (bicyclic) bond motifs is 6. The van der Waals surface area contributed by atoms with Crippen molar-refractivity contribution in [3.8, 4) is 22.6 Å². The molecule has 0 radical (unpaired) electrons. The van der Waals surface area contributed by atoms with E-state index in [9.17, 15) is 0 Å². The topological polar surface area (TPSA) is 29.3 Å². The third kappa shape index (κ3) is 4.30. The summed E-state index contributed by atoms with van der Waals surface area (Å²) in [6.45, 7) is 0. The lowest BCUT2D eigenvalue weighted by molar-refractivity contribution is 0.620. The average molecular weight is 595 g/mol. The maximum atomic E-state index is 6.68. The molecule has 9 aromatic rings. The summed E-state index contributed by atoms with van der Waals surface area (Å²) in [5, 5.41) is 4.78. The molecular weight excluding hydrogens is 569 g/mol. The van der Waals surface area contributed by atoms with Crippen molar-refractivity contribution in [3.05, 3.63) is 158 Å². The second-order valence-electron chi connectivity index (χ2n) is 11.2. The quantitative estimate of drug-likeness (QED) is 0.198. The minimum Gasteiger partial charge on any atom is -0.434 e. The van der Waals surface area contributed by atoms with Crippen LogP contribution in [0.25, 0.3) is 64.6 Å². The molecule has 0 saturated carbocycles. The molecule has 3 nitrogen and oxygen atoms in total. The van der Waals surface area contributed by atoms with Crippen molar-refractivity contribution in [1.29, 1.82) is 0 Å². The Balaban J connectivity index is 1.30. The number of rotatable bonds is 5. The Morgan fingerprint density at radius 3 is 2.07 bits per heavy atom. The summed E-state index contributed by atoms with van der Waals surface area (Å²) in [4.78, 5) is 7.37. The lowest BCUT2D eigenvalue weighted by Gasteiger charge is -2.26. The highest BCUT2D eigenvalue weighted by molar-refractivity contribution is 7.25. The molecule has 0 N–H and O–H groups in total. The van der Waals surface area contributed by atoms with Gasteiger partial charge in [0.25, 0.3) is 0 Å². The molecule has 7 aromatic carbocycles. The first-order valence-corrected chi connectivity index (χ1v) is 15.9. The van der Waals surface area contributed by atoms with Gasteiger partial charge < -0.3 is 9.32 Å². The van der Waals surface area contributed by atoms with Crippen LogP contribution in [0.1, 0.15) is 0 Å². The SMILES string of the molecule is c1ccc(-c2nc3c(o2)c(N(c2ccccc2)c2cccc(-c4cccc5sc6ccccc6c45)c2)cc2ccccc23)cc1. The monoisotopic (exact) mass is 594 g/mol. The predicted octanol–water partition coefficient (Wildman–Crippen LogP) is 12.2. The maximum Gasteiger partial charge on any atom is 0.227 e. The lowest BCUT2D eigenvalue weighted by atomic mass is 9.98. The smallest absolute Gasteiger partial charge is 0.227 e. The zero-order chi connectivity index (χ0) is 29.7. The molecule has 9 rings (SSSR count). The number of anilines is 3. The van der Waals surface area contributed by atoms with Gasteiger partial charge in [-0.2, -0.15) is 0 Å². The number of oxazole rings is 1. The number of benzene rings is 7. The summed E-state index contributed by atoms with van der Waals surface area (Å²) in [5.41, 5.74) is 8.00. The van der Waals surface area contributed by atoms with Crippen LogP contribution in [0, 0.1) is 0 Å². The second-order valence-corrected chi connectivity index (χ2v) is 12.3. The Morgan fingerprint density at radius 2 is 1.20 bits per heavy atom. The minimum absolute atomic E-state index is 0.612. The molecule has 0 amide bonds. The average Bonchev–Trinajstić information content (AvgIpc) is 3.73. The third-order valence-corrected chi connectivity index (χ3v) is 9.60. The van der Waals surface area contributed by atoms with Crippen LogP contribution in [-0.2, 0) is 0 Å². The van der Waals surface area contributed by atoms with Crippen LogP contribution >= 0.6 is 11.3 Å². The molecule has 0 fully saturated rings. The zero-order valence-corrected chi connectivity index (χ0v) is 25.0. The van der Waals surface area contributed by atoms with Crippen molar-refractivity contribution < 1.29 is 4.42 Å². The van der Waals surface area contributed by atoms with Crippen LogP contribution < -0.4 is 4.90 Å². The maximum absolute atomic E-state index is 6.68. The fourth-order valence-corrected chi connectivity index (χ4v) is 7.56. The zero-order valence-electron chi connectivity index (χ0n) is 24.2.